The van der Waals surface area contributed by atoms with Gasteiger partial charge in [0.15, 0.2) is 0 Å². The van der Waals surface area contributed by atoms with E-state index in [4.69, 9.17) is 4.74 Å². The van der Waals surface area contributed by atoms with E-state index in [1.54, 1.807) is 0 Å². The molecule has 0 saturated carbocycles. The zero-order valence-electron chi connectivity index (χ0n) is 11.3. The van der Waals surface area contributed by atoms with Gasteiger partial charge in [0.2, 0.25) is 0 Å². The summed E-state index contributed by atoms with van der Waals surface area (Å²) in [4.78, 5) is 13.8. The molecule has 1 N–H and O–H groups in total. The second kappa shape index (κ2) is 4.24. The summed E-state index contributed by atoms with van der Waals surface area (Å²) in [7, 11) is 0. The molecule has 0 aliphatic carbocycles. The third kappa shape index (κ3) is 3.67. The number of hydrogen-bond acceptors (Lipinski definition) is 3. The highest BCUT2D eigenvalue weighted by Crippen LogP contribution is 2.18. The average molecular weight is 228 g/mol. The van der Waals surface area contributed by atoms with E-state index >= 15 is 0 Å². The Balaban J connectivity index is 2.67. The third-order valence-electron chi connectivity index (χ3n) is 2.60. The molecule has 1 fully saturated rings. The minimum Gasteiger partial charge on any atom is -0.444 e. The molecule has 4 nitrogen and oxygen atoms in total. The van der Waals surface area contributed by atoms with Crippen LogP contribution in [0.3, 0.4) is 0 Å². The van der Waals surface area contributed by atoms with E-state index < -0.39 is 5.60 Å². The normalized spacial score (nSPS) is 25.4. The summed E-state index contributed by atoms with van der Waals surface area (Å²) >= 11 is 0. The molecule has 0 unspecified atom stereocenters. The van der Waals surface area contributed by atoms with Crippen molar-refractivity contribution in [2.75, 3.05) is 13.1 Å². The van der Waals surface area contributed by atoms with Crippen LogP contribution in [-0.4, -0.2) is 41.3 Å². The molecule has 0 spiro atoms. The summed E-state index contributed by atoms with van der Waals surface area (Å²) < 4.78 is 5.40. The van der Waals surface area contributed by atoms with Crippen LogP contribution in [0.15, 0.2) is 0 Å². The molecule has 16 heavy (non-hydrogen) atoms. The number of amides is 1. The van der Waals surface area contributed by atoms with Gasteiger partial charge in [-0.1, -0.05) is 0 Å². The maximum atomic E-state index is 12.0. The van der Waals surface area contributed by atoms with Crippen LogP contribution in [0, 0.1) is 0 Å². The van der Waals surface area contributed by atoms with Crippen LogP contribution in [-0.2, 0) is 4.74 Å². The van der Waals surface area contributed by atoms with Crippen LogP contribution in [0.1, 0.15) is 41.5 Å². The minimum absolute atomic E-state index is 0.0383. The lowest BCUT2D eigenvalue weighted by Gasteiger charge is -2.43. The van der Waals surface area contributed by atoms with Crippen LogP contribution in [0.2, 0.25) is 0 Å². The van der Waals surface area contributed by atoms with Gasteiger partial charge in [0, 0.05) is 24.7 Å². The molecule has 1 aliphatic rings. The summed E-state index contributed by atoms with van der Waals surface area (Å²) in [5.41, 5.74) is -0.463. The van der Waals surface area contributed by atoms with Gasteiger partial charge in [0.1, 0.15) is 5.60 Å². The van der Waals surface area contributed by atoms with Gasteiger partial charge in [0.05, 0.1) is 0 Å². The van der Waals surface area contributed by atoms with E-state index in [1.165, 1.54) is 0 Å². The molecule has 1 saturated heterocycles. The van der Waals surface area contributed by atoms with E-state index in [-0.39, 0.29) is 17.7 Å². The molecule has 1 heterocycles. The highest BCUT2D eigenvalue weighted by molar-refractivity contribution is 5.68. The first-order valence-corrected chi connectivity index (χ1v) is 5.85. The van der Waals surface area contributed by atoms with Crippen LogP contribution >= 0.6 is 0 Å². The van der Waals surface area contributed by atoms with Gasteiger partial charge < -0.3 is 15.0 Å². The Morgan fingerprint density at radius 3 is 2.50 bits per heavy atom. The molecule has 0 radical (unpaired) electrons. The largest absolute Gasteiger partial charge is 0.444 e. The molecule has 1 aliphatic heterocycles. The second-order valence-corrected chi connectivity index (χ2v) is 6.22. The summed E-state index contributed by atoms with van der Waals surface area (Å²) in [5, 5.41) is 3.41. The molecular weight excluding hydrogens is 204 g/mol. The van der Waals surface area contributed by atoms with E-state index in [0.717, 1.165) is 6.54 Å². The standard InChI is InChI=1S/C12H24N2O2/c1-9-7-13-12(5,6)8-14(9)10(15)16-11(2,3)4/h9,13H,7-8H2,1-6H3/t9-/m0/s1. The van der Waals surface area contributed by atoms with Crippen molar-refractivity contribution in [3.8, 4) is 0 Å². The molecular formula is C12H24N2O2. The van der Waals surface area contributed by atoms with Gasteiger partial charge in [-0.3, -0.25) is 0 Å². The Hall–Kier alpha value is -0.770. The van der Waals surface area contributed by atoms with Crippen LogP contribution in [0.25, 0.3) is 0 Å². The quantitative estimate of drug-likeness (QED) is 0.689. The van der Waals surface area contributed by atoms with Crippen molar-refractivity contribution in [3.63, 3.8) is 0 Å². The molecule has 1 rings (SSSR count). The molecule has 1 amide bonds. The SMILES string of the molecule is C[C@H]1CNC(C)(C)CN1C(=O)OC(C)(C)C. The van der Waals surface area contributed by atoms with Crippen molar-refractivity contribution in [1.29, 1.82) is 0 Å². The summed E-state index contributed by atoms with van der Waals surface area (Å²) in [6.07, 6.45) is -0.213. The number of hydrogen-bond donors (Lipinski definition) is 1. The Labute approximate surface area is 98.3 Å². The highest BCUT2D eigenvalue weighted by Gasteiger charge is 2.35. The first-order valence-electron chi connectivity index (χ1n) is 5.85. The second-order valence-electron chi connectivity index (χ2n) is 6.22. The number of rotatable bonds is 0. The molecule has 0 bridgehead atoms. The number of carbonyl (C=O) groups is 1. The van der Waals surface area contributed by atoms with Crippen molar-refractivity contribution in [2.24, 2.45) is 0 Å². The molecule has 0 aromatic carbocycles. The molecule has 0 aromatic heterocycles. The fourth-order valence-electron chi connectivity index (χ4n) is 1.74. The van der Waals surface area contributed by atoms with E-state index in [0.29, 0.717) is 6.54 Å². The van der Waals surface area contributed by atoms with Gasteiger partial charge in [-0.05, 0) is 41.5 Å². The maximum absolute atomic E-state index is 12.0. The Bertz CT molecular complexity index is 269. The highest BCUT2D eigenvalue weighted by atomic mass is 16.6. The number of ether oxygens (including phenoxy) is 1. The molecule has 94 valence electrons. The fraction of sp³-hybridized carbons (Fsp3) is 0.917. The predicted octanol–water partition coefficient (Wildman–Crippen LogP) is 1.99. The van der Waals surface area contributed by atoms with Crippen molar-refractivity contribution >= 4 is 6.09 Å². The Morgan fingerprint density at radius 1 is 1.44 bits per heavy atom. The predicted molar refractivity (Wildman–Crippen MR) is 64.5 cm³/mol. The number of carbonyl (C=O) groups excluding carboxylic acids is 1. The first-order chi connectivity index (χ1) is 7.11. The summed E-state index contributed by atoms with van der Waals surface area (Å²) in [6, 6.07) is 0.183. The van der Waals surface area contributed by atoms with Gasteiger partial charge in [-0.2, -0.15) is 0 Å². The van der Waals surface area contributed by atoms with Crippen molar-refractivity contribution in [1.82, 2.24) is 10.2 Å². The zero-order chi connectivity index (χ0) is 12.6. The minimum atomic E-state index is -0.425. The lowest BCUT2D eigenvalue weighted by molar-refractivity contribution is 0.00356. The average Bonchev–Trinajstić information content (AvgIpc) is 2.06. The van der Waals surface area contributed by atoms with Gasteiger partial charge >= 0.3 is 6.09 Å². The topological polar surface area (TPSA) is 41.6 Å². The number of nitrogens with zero attached hydrogens (tertiary/aromatic N) is 1. The van der Waals surface area contributed by atoms with E-state index in [1.807, 2.05) is 32.6 Å². The van der Waals surface area contributed by atoms with Crippen molar-refractivity contribution < 1.29 is 9.53 Å². The fourth-order valence-corrected chi connectivity index (χ4v) is 1.74. The number of piperazine rings is 1. The number of nitrogens with one attached hydrogen (secondary N) is 1. The van der Waals surface area contributed by atoms with E-state index in [2.05, 4.69) is 19.2 Å². The Morgan fingerprint density at radius 2 is 2.00 bits per heavy atom. The van der Waals surface area contributed by atoms with Crippen molar-refractivity contribution in [2.45, 2.75) is 58.7 Å². The molecule has 0 aromatic rings. The smallest absolute Gasteiger partial charge is 0.410 e. The van der Waals surface area contributed by atoms with Gasteiger partial charge in [0.25, 0.3) is 0 Å². The van der Waals surface area contributed by atoms with Crippen LogP contribution in [0.5, 0.6) is 0 Å². The Kier molecular flexibility index (Phi) is 3.53. The van der Waals surface area contributed by atoms with Crippen LogP contribution in [0.4, 0.5) is 4.79 Å². The molecule has 1 atom stereocenters. The third-order valence-corrected chi connectivity index (χ3v) is 2.60. The zero-order valence-corrected chi connectivity index (χ0v) is 11.3. The summed E-state index contributed by atoms with van der Waals surface area (Å²) in [5.74, 6) is 0. The first kappa shape index (κ1) is 13.3. The molecule has 4 heteroatoms. The van der Waals surface area contributed by atoms with Gasteiger partial charge in [-0.15, -0.1) is 0 Å². The monoisotopic (exact) mass is 228 g/mol. The van der Waals surface area contributed by atoms with Gasteiger partial charge in [-0.25, -0.2) is 4.79 Å². The maximum Gasteiger partial charge on any atom is 0.410 e. The van der Waals surface area contributed by atoms with Crippen molar-refractivity contribution in [3.05, 3.63) is 0 Å². The lowest BCUT2D eigenvalue weighted by Crippen LogP contribution is -2.62. The lowest BCUT2D eigenvalue weighted by atomic mass is 10.00. The summed E-state index contributed by atoms with van der Waals surface area (Å²) in [6.45, 7) is 13.4. The van der Waals surface area contributed by atoms with E-state index in [9.17, 15) is 4.79 Å². The van der Waals surface area contributed by atoms with Crippen LogP contribution < -0.4 is 5.32 Å².